The molecule has 0 fully saturated rings. The molecule has 0 spiro atoms. The van der Waals surface area contributed by atoms with Gasteiger partial charge in [-0.05, 0) is 75.4 Å². The van der Waals surface area contributed by atoms with Crippen molar-refractivity contribution in [3.05, 3.63) is 47.0 Å². The third-order valence-electron chi connectivity index (χ3n) is 6.56. The third-order valence-corrected chi connectivity index (χ3v) is 6.56. The number of fused-ring (bicyclic) bond motifs is 3. The van der Waals surface area contributed by atoms with Crippen LogP contribution in [0.5, 0.6) is 17.2 Å². The number of carbonyl (C=O) groups is 2. The first kappa shape index (κ1) is 23.3. The number of rotatable bonds is 1. The topological polar surface area (TPSA) is 77.5 Å². The minimum Gasteiger partial charge on any atom is -0.490 e. The number of ether oxygens (including phenoxy) is 4. The Bertz CT molecular complexity index is 1160. The Morgan fingerprint density at radius 1 is 1.00 bits per heavy atom. The van der Waals surface area contributed by atoms with E-state index in [0.29, 0.717) is 56.3 Å². The van der Waals surface area contributed by atoms with Crippen molar-refractivity contribution < 1.29 is 28.5 Å². The summed E-state index contributed by atoms with van der Waals surface area (Å²) in [7, 11) is 0. The van der Waals surface area contributed by atoms with E-state index in [0.717, 1.165) is 22.4 Å². The molecule has 3 aliphatic rings. The number of amides is 2. The van der Waals surface area contributed by atoms with Crippen LogP contribution in [0, 0.1) is 6.92 Å². The first-order valence-electron chi connectivity index (χ1n) is 12.2. The Labute approximate surface area is 205 Å². The molecule has 2 aromatic rings. The average Bonchev–Trinajstić information content (AvgIpc) is 3.05. The third kappa shape index (κ3) is 4.61. The molecule has 186 valence electrons. The maximum Gasteiger partial charge on any atom is 0.410 e. The van der Waals surface area contributed by atoms with Crippen molar-refractivity contribution in [3.63, 3.8) is 0 Å². The molecule has 5 rings (SSSR count). The zero-order valence-corrected chi connectivity index (χ0v) is 20.8. The summed E-state index contributed by atoms with van der Waals surface area (Å²) in [4.78, 5) is 29.8. The second-order valence-corrected chi connectivity index (χ2v) is 10.2. The number of benzene rings is 2. The van der Waals surface area contributed by atoms with Crippen molar-refractivity contribution >= 4 is 17.7 Å². The molecule has 0 N–H and O–H groups in total. The largest absolute Gasteiger partial charge is 0.490 e. The Balaban J connectivity index is 1.39. The second kappa shape index (κ2) is 8.98. The second-order valence-electron chi connectivity index (χ2n) is 10.2. The summed E-state index contributed by atoms with van der Waals surface area (Å²) in [6.45, 7) is 9.81. The van der Waals surface area contributed by atoms with E-state index in [1.165, 1.54) is 0 Å². The molecular formula is C27H32N2O6. The van der Waals surface area contributed by atoms with Gasteiger partial charge in [-0.3, -0.25) is 4.79 Å². The molecule has 0 aromatic heterocycles. The smallest absolute Gasteiger partial charge is 0.410 e. The highest BCUT2D eigenvalue weighted by Gasteiger charge is 2.36. The van der Waals surface area contributed by atoms with Crippen LogP contribution in [0.25, 0.3) is 0 Å². The fraction of sp³-hybridized carbons (Fsp3) is 0.481. The lowest BCUT2D eigenvalue weighted by Gasteiger charge is -2.35. The van der Waals surface area contributed by atoms with Gasteiger partial charge in [0, 0.05) is 13.1 Å². The summed E-state index contributed by atoms with van der Waals surface area (Å²) in [5.74, 6) is 1.78. The van der Waals surface area contributed by atoms with Gasteiger partial charge < -0.3 is 28.7 Å². The van der Waals surface area contributed by atoms with E-state index in [2.05, 4.69) is 0 Å². The van der Waals surface area contributed by atoms with Gasteiger partial charge in [-0.15, -0.1) is 0 Å². The monoisotopic (exact) mass is 480 g/mol. The number of hydrogen-bond donors (Lipinski definition) is 0. The van der Waals surface area contributed by atoms with Gasteiger partial charge in [0.25, 0.3) is 5.91 Å². The molecule has 8 nitrogen and oxygen atoms in total. The normalized spacial score (nSPS) is 19.1. The van der Waals surface area contributed by atoms with Crippen molar-refractivity contribution in [3.8, 4) is 17.2 Å². The standard InChI is InChI=1S/C27H32N2O6/c1-17-19-10-12-28(26(31)35-27(2,3)4)11-9-18(19)15-22-24(17)29(13-14-32-22)25(30)23-16-33-20-7-5-6-8-21(20)34-23/h5-8,15,23H,9-14,16H2,1-4H3. The maximum atomic E-state index is 13.6. The molecule has 0 bridgehead atoms. The molecule has 0 saturated carbocycles. The van der Waals surface area contributed by atoms with Gasteiger partial charge in [0.05, 0.1) is 12.2 Å². The quantitative estimate of drug-likeness (QED) is 0.616. The van der Waals surface area contributed by atoms with E-state index in [1.54, 1.807) is 9.80 Å². The van der Waals surface area contributed by atoms with Gasteiger partial charge in [0.1, 0.15) is 24.6 Å². The fourth-order valence-corrected chi connectivity index (χ4v) is 4.92. The number of carbonyl (C=O) groups excluding carboxylic acids is 2. The highest BCUT2D eigenvalue weighted by molar-refractivity contribution is 6.00. The lowest BCUT2D eigenvalue weighted by atomic mass is 9.94. The van der Waals surface area contributed by atoms with Crippen LogP contribution in [-0.4, -0.2) is 61.5 Å². The summed E-state index contributed by atoms with van der Waals surface area (Å²) in [6, 6.07) is 9.41. The molecule has 8 heteroatoms. The lowest BCUT2D eigenvalue weighted by molar-refractivity contribution is -0.127. The van der Waals surface area contributed by atoms with Crippen molar-refractivity contribution in [2.45, 2.75) is 52.2 Å². The minimum atomic E-state index is -0.725. The number of hydrogen-bond acceptors (Lipinski definition) is 6. The fourth-order valence-electron chi connectivity index (χ4n) is 4.92. The van der Waals surface area contributed by atoms with Crippen LogP contribution in [0.4, 0.5) is 10.5 Å². The molecule has 35 heavy (non-hydrogen) atoms. The van der Waals surface area contributed by atoms with Crippen molar-refractivity contribution in [2.24, 2.45) is 0 Å². The first-order chi connectivity index (χ1) is 16.7. The molecule has 3 heterocycles. The van der Waals surface area contributed by atoms with Crippen molar-refractivity contribution in [1.82, 2.24) is 4.90 Å². The summed E-state index contributed by atoms with van der Waals surface area (Å²) < 4.78 is 23.4. The van der Waals surface area contributed by atoms with Gasteiger partial charge in [-0.2, -0.15) is 0 Å². The van der Waals surface area contributed by atoms with Gasteiger partial charge in [0.15, 0.2) is 11.5 Å². The van der Waals surface area contributed by atoms with E-state index < -0.39 is 11.7 Å². The van der Waals surface area contributed by atoms with Crippen LogP contribution < -0.4 is 19.1 Å². The molecule has 0 radical (unpaired) electrons. The summed E-state index contributed by atoms with van der Waals surface area (Å²) in [6.07, 6.45) is 0.370. The molecule has 0 saturated heterocycles. The Kier molecular flexibility index (Phi) is 5.99. The Morgan fingerprint density at radius 3 is 2.51 bits per heavy atom. The van der Waals surface area contributed by atoms with E-state index in [-0.39, 0.29) is 18.6 Å². The predicted molar refractivity (Wildman–Crippen MR) is 131 cm³/mol. The van der Waals surface area contributed by atoms with Gasteiger partial charge in [-0.1, -0.05) is 12.1 Å². The molecule has 2 aromatic carbocycles. The summed E-state index contributed by atoms with van der Waals surface area (Å²) >= 11 is 0. The van der Waals surface area contributed by atoms with Crippen LogP contribution in [0.15, 0.2) is 30.3 Å². The highest BCUT2D eigenvalue weighted by atomic mass is 16.6. The van der Waals surface area contributed by atoms with Crippen LogP contribution in [0.2, 0.25) is 0 Å². The summed E-state index contributed by atoms with van der Waals surface area (Å²) in [5, 5.41) is 0. The van der Waals surface area contributed by atoms with Crippen molar-refractivity contribution in [2.75, 3.05) is 37.7 Å². The molecule has 3 aliphatic heterocycles. The van der Waals surface area contributed by atoms with Crippen LogP contribution in [0.1, 0.15) is 37.5 Å². The molecular weight excluding hydrogens is 448 g/mol. The zero-order chi connectivity index (χ0) is 24.7. The summed E-state index contributed by atoms with van der Waals surface area (Å²) in [5.41, 5.74) is 3.56. The van der Waals surface area contributed by atoms with Crippen LogP contribution in [-0.2, 0) is 22.4 Å². The highest BCUT2D eigenvalue weighted by Crippen LogP contribution is 2.41. The first-order valence-corrected chi connectivity index (χ1v) is 12.2. The Morgan fingerprint density at radius 2 is 1.74 bits per heavy atom. The van der Waals surface area contributed by atoms with Gasteiger partial charge >= 0.3 is 6.09 Å². The van der Waals surface area contributed by atoms with E-state index in [9.17, 15) is 9.59 Å². The van der Waals surface area contributed by atoms with Crippen LogP contribution in [0.3, 0.4) is 0 Å². The van der Waals surface area contributed by atoms with Gasteiger partial charge in [-0.25, -0.2) is 4.79 Å². The number of nitrogens with zero attached hydrogens (tertiary/aromatic N) is 2. The molecule has 0 aliphatic carbocycles. The van der Waals surface area contributed by atoms with Gasteiger partial charge in [0.2, 0.25) is 6.10 Å². The van der Waals surface area contributed by atoms with E-state index >= 15 is 0 Å². The van der Waals surface area contributed by atoms with Crippen LogP contribution >= 0.6 is 0 Å². The minimum absolute atomic E-state index is 0.142. The zero-order valence-electron chi connectivity index (χ0n) is 20.8. The predicted octanol–water partition coefficient (Wildman–Crippen LogP) is 3.90. The van der Waals surface area contributed by atoms with E-state index in [1.807, 2.05) is 58.0 Å². The number of anilines is 1. The SMILES string of the molecule is Cc1c2c(cc3c1N(C(=O)C1COc4ccccc4O1)CCO3)CCN(C(=O)OC(C)(C)C)CC2. The number of para-hydroxylation sites is 2. The average molecular weight is 481 g/mol. The lowest BCUT2D eigenvalue weighted by Crippen LogP contribution is -2.49. The Hall–Kier alpha value is -3.42. The maximum absolute atomic E-state index is 13.6. The van der Waals surface area contributed by atoms with Crippen molar-refractivity contribution in [1.29, 1.82) is 0 Å². The van der Waals surface area contributed by atoms with E-state index in [4.69, 9.17) is 18.9 Å². The molecule has 2 amide bonds. The molecule has 1 unspecified atom stereocenters. The molecule has 1 atom stereocenters.